The first kappa shape index (κ1) is 20.3. The maximum atomic E-state index is 12.1. The highest BCUT2D eigenvalue weighted by atomic mass is 16.5. The number of amides is 2. The number of likely N-dealkylation sites (N-methyl/N-ethyl adjacent to an activating group) is 1. The number of ether oxygens (including phenoxy) is 1. The predicted octanol–water partition coefficient (Wildman–Crippen LogP) is 2.99. The lowest BCUT2D eigenvalue weighted by atomic mass is 10.1. The Labute approximate surface area is 177 Å². The fourth-order valence-electron chi connectivity index (χ4n) is 3.34. The first-order chi connectivity index (χ1) is 15.0. The summed E-state index contributed by atoms with van der Waals surface area (Å²) >= 11 is 0. The molecule has 0 saturated heterocycles. The second kappa shape index (κ2) is 8.41. The van der Waals surface area contributed by atoms with Crippen LogP contribution in [0.3, 0.4) is 0 Å². The second-order valence-corrected chi connectivity index (χ2v) is 6.86. The van der Waals surface area contributed by atoms with Gasteiger partial charge in [0.05, 0.1) is 23.0 Å². The minimum Gasteiger partial charge on any atom is -0.460 e. The van der Waals surface area contributed by atoms with Gasteiger partial charge in [0.2, 0.25) is 11.8 Å². The molecular weight excluding hydrogens is 398 g/mol. The van der Waals surface area contributed by atoms with E-state index in [1.165, 1.54) is 6.33 Å². The average molecular weight is 419 g/mol. The third kappa shape index (κ3) is 4.03. The highest BCUT2D eigenvalue weighted by molar-refractivity contribution is 6.07. The fourth-order valence-corrected chi connectivity index (χ4v) is 3.34. The number of hydrogen-bond donors (Lipinski definition) is 3. The molecule has 0 bridgehead atoms. The van der Waals surface area contributed by atoms with E-state index in [9.17, 15) is 9.59 Å². The van der Waals surface area contributed by atoms with Crippen molar-refractivity contribution in [2.75, 3.05) is 26.0 Å². The first-order valence-electron chi connectivity index (χ1n) is 9.62. The lowest BCUT2D eigenvalue weighted by Gasteiger charge is -2.10. The highest BCUT2D eigenvalue weighted by Crippen LogP contribution is 2.33. The van der Waals surface area contributed by atoms with Crippen LogP contribution in [0.4, 0.5) is 5.69 Å². The molecule has 3 N–H and O–H groups in total. The number of nitrogens with zero attached hydrogens (tertiary/aromatic N) is 2. The quantitative estimate of drug-likeness (QED) is 0.440. The van der Waals surface area contributed by atoms with Crippen molar-refractivity contribution >= 4 is 39.4 Å². The van der Waals surface area contributed by atoms with Crippen molar-refractivity contribution in [3.63, 3.8) is 0 Å². The van der Waals surface area contributed by atoms with Crippen molar-refractivity contribution in [1.29, 1.82) is 0 Å². The minimum absolute atomic E-state index is 0.160. The average Bonchev–Trinajstić information content (AvgIpc) is 3.08. The van der Waals surface area contributed by atoms with Gasteiger partial charge in [0, 0.05) is 24.2 Å². The molecule has 31 heavy (non-hydrogen) atoms. The van der Waals surface area contributed by atoms with Crippen LogP contribution in [0.25, 0.3) is 21.9 Å². The van der Waals surface area contributed by atoms with Gasteiger partial charge in [0.1, 0.15) is 23.4 Å². The monoisotopic (exact) mass is 419 g/mol. The van der Waals surface area contributed by atoms with Gasteiger partial charge in [-0.2, -0.15) is 0 Å². The summed E-state index contributed by atoms with van der Waals surface area (Å²) in [6.07, 6.45) is 1.41. The van der Waals surface area contributed by atoms with Crippen molar-refractivity contribution in [2.24, 2.45) is 0 Å². The Hall–Kier alpha value is -3.98. The Morgan fingerprint density at radius 2 is 1.90 bits per heavy atom. The van der Waals surface area contributed by atoms with Crippen LogP contribution in [0, 0.1) is 6.92 Å². The summed E-state index contributed by atoms with van der Waals surface area (Å²) in [5, 5.41) is 9.58. The summed E-state index contributed by atoms with van der Waals surface area (Å²) in [6.45, 7) is 1.94. The van der Waals surface area contributed by atoms with Gasteiger partial charge in [-0.3, -0.25) is 9.59 Å². The molecule has 158 valence electrons. The largest absolute Gasteiger partial charge is 0.460 e. The van der Waals surface area contributed by atoms with Crippen molar-refractivity contribution in [2.45, 2.75) is 6.92 Å². The summed E-state index contributed by atoms with van der Waals surface area (Å²) in [4.78, 5) is 32.5. The molecule has 0 fully saturated rings. The number of benzene rings is 2. The summed E-state index contributed by atoms with van der Waals surface area (Å²) in [5.41, 5.74) is 2.32. The van der Waals surface area contributed by atoms with E-state index in [0.29, 0.717) is 50.5 Å². The summed E-state index contributed by atoms with van der Waals surface area (Å²) in [6, 6.07) is 10.5. The van der Waals surface area contributed by atoms with Crippen molar-refractivity contribution in [3.8, 4) is 11.6 Å². The van der Waals surface area contributed by atoms with E-state index in [4.69, 9.17) is 9.15 Å². The van der Waals surface area contributed by atoms with Gasteiger partial charge in [0.15, 0.2) is 0 Å². The number of carbonyl (C=O) groups excluding carboxylic acids is 2. The summed E-state index contributed by atoms with van der Waals surface area (Å²) in [5.74, 6) is 0.991. The molecule has 2 aromatic heterocycles. The van der Waals surface area contributed by atoms with Crippen molar-refractivity contribution in [3.05, 3.63) is 54.0 Å². The number of carbonyl (C=O) groups is 2. The number of nitrogens with one attached hydrogen (secondary N) is 3. The van der Waals surface area contributed by atoms with Crippen molar-refractivity contribution in [1.82, 2.24) is 20.6 Å². The molecule has 0 radical (unpaired) electrons. The lowest BCUT2D eigenvalue weighted by molar-refractivity contribution is -0.115. The third-order valence-electron chi connectivity index (χ3n) is 4.73. The van der Waals surface area contributed by atoms with Gasteiger partial charge in [-0.25, -0.2) is 9.97 Å². The van der Waals surface area contributed by atoms with E-state index in [-0.39, 0.29) is 18.4 Å². The number of aryl methyl sites for hydroxylation is 1. The number of aromatic nitrogens is 2. The topological polar surface area (TPSA) is 118 Å². The summed E-state index contributed by atoms with van der Waals surface area (Å²) < 4.78 is 11.8. The Morgan fingerprint density at radius 3 is 2.68 bits per heavy atom. The molecule has 0 saturated carbocycles. The van der Waals surface area contributed by atoms with E-state index in [1.807, 2.05) is 0 Å². The van der Waals surface area contributed by atoms with Crippen LogP contribution in [0.2, 0.25) is 0 Å². The third-order valence-corrected chi connectivity index (χ3v) is 4.73. The van der Waals surface area contributed by atoms with Crippen LogP contribution >= 0.6 is 0 Å². The molecule has 0 aliphatic heterocycles. The predicted molar refractivity (Wildman–Crippen MR) is 117 cm³/mol. The molecular formula is C22H21N5O4. The van der Waals surface area contributed by atoms with Crippen LogP contribution < -0.4 is 20.7 Å². The molecule has 4 rings (SSSR count). The molecule has 0 aliphatic carbocycles. The lowest BCUT2D eigenvalue weighted by Crippen LogP contribution is -2.24. The molecule has 9 nitrogen and oxygen atoms in total. The fraction of sp³-hybridized carbons (Fsp3) is 0.182. The molecule has 9 heteroatoms. The highest BCUT2D eigenvalue weighted by Gasteiger charge is 2.18. The number of anilines is 1. The van der Waals surface area contributed by atoms with Gasteiger partial charge in [-0.15, -0.1) is 0 Å². The second-order valence-electron chi connectivity index (χ2n) is 6.86. The maximum Gasteiger partial charge on any atom is 0.255 e. The van der Waals surface area contributed by atoms with Gasteiger partial charge in [-0.05, 0) is 44.3 Å². The SMILES string of the molecule is CNCC(=O)Nc1ccc2ncnc(Oc3ccc4c(C(=O)NC)c(C)oc4c3)c2c1. The zero-order valence-corrected chi connectivity index (χ0v) is 17.3. The van der Waals surface area contributed by atoms with E-state index in [1.54, 1.807) is 57.4 Å². The minimum atomic E-state index is -0.209. The first-order valence-corrected chi connectivity index (χ1v) is 9.62. The Bertz CT molecular complexity index is 1300. The number of furan rings is 1. The molecule has 0 spiro atoms. The van der Waals surface area contributed by atoms with E-state index >= 15 is 0 Å². The molecule has 0 unspecified atom stereocenters. The molecule has 0 aliphatic rings. The van der Waals surface area contributed by atoms with Gasteiger partial charge in [-0.1, -0.05) is 0 Å². The smallest absolute Gasteiger partial charge is 0.255 e. The Kier molecular flexibility index (Phi) is 5.50. The van der Waals surface area contributed by atoms with Crippen LogP contribution in [-0.4, -0.2) is 42.4 Å². The Balaban J connectivity index is 1.68. The number of rotatable bonds is 6. The number of fused-ring (bicyclic) bond motifs is 2. The van der Waals surface area contributed by atoms with Gasteiger partial charge >= 0.3 is 0 Å². The zero-order valence-electron chi connectivity index (χ0n) is 17.3. The normalized spacial score (nSPS) is 10.9. The van der Waals surface area contributed by atoms with Crippen LogP contribution in [0.15, 0.2) is 47.1 Å². The molecule has 2 aromatic carbocycles. The molecule has 2 heterocycles. The molecule has 2 amide bonds. The number of hydrogen-bond acceptors (Lipinski definition) is 7. The standard InChI is InChI=1S/C22H21N5O4/c1-12-20(21(29)24-3)15-6-5-14(9-18(15)30-12)31-22-16-8-13(27-19(28)10-23-2)4-7-17(16)25-11-26-22/h4-9,11,23H,10H2,1-3H3,(H,24,29)(H,27,28). The Morgan fingerprint density at radius 1 is 1.06 bits per heavy atom. The zero-order chi connectivity index (χ0) is 22.0. The van der Waals surface area contributed by atoms with E-state index < -0.39 is 0 Å². The summed E-state index contributed by atoms with van der Waals surface area (Å²) in [7, 11) is 3.28. The van der Waals surface area contributed by atoms with E-state index in [2.05, 4.69) is 25.9 Å². The molecule has 4 aromatic rings. The van der Waals surface area contributed by atoms with Crippen LogP contribution in [0.1, 0.15) is 16.1 Å². The van der Waals surface area contributed by atoms with Crippen LogP contribution in [0.5, 0.6) is 11.6 Å². The van der Waals surface area contributed by atoms with Crippen molar-refractivity contribution < 1.29 is 18.7 Å². The maximum absolute atomic E-state index is 12.1. The molecule has 0 atom stereocenters. The van der Waals surface area contributed by atoms with Gasteiger partial charge < -0.3 is 25.1 Å². The van der Waals surface area contributed by atoms with Crippen LogP contribution in [-0.2, 0) is 4.79 Å². The van der Waals surface area contributed by atoms with Gasteiger partial charge in [0.25, 0.3) is 5.91 Å². The van der Waals surface area contributed by atoms with E-state index in [0.717, 1.165) is 0 Å².